The fourth-order valence-electron chi connectivity index (χ4n) is 2.84. The minimum absolute atomic E-state index is 0.0757. The Balaban J connectivity index is 2.62. The Labute approximate surface area is 102 Å². The maximum atomic E-state index is 10.7. The lowest BCUT2D eigenvalue weighted by atomic mass is 9.68. The van der Waals surface area contributed by atoms with E-state index in [2.05, 4.69) is 0 Å². The van der Waals surface area contributed by atoms with Crippen LogP contribution in [0.2, 0.25) is 0 Å². The number of hydrogen-bond donors (Lipinski definition) is 3. The van der Waals surface area contributed by atoms with Crippen LogP contribution < -0.4 is 0 Å². The highest BCUT2D eigenvalue weighted by molar-refractivity contribution is 5.43. The van der Waals surface area contributed by atoms with E-state index in [9.17, 15) is 15.3 Å². The second-order valence-electron chi connectivity index (χ2n) is 5.40. The van der Waals surface area contributed by atoms with Crippen LogP contribution in [0.1, 0.15) is 44.2 Å². The van der Waals surface area contributed by atoms with Gasteiger partial charge >= 0.3 is 0 Å². The normalized spacial score (nSPS) is 32.6. The summed E-state index contributed by atoms with van der Waals surface area (Å²) < 4.78 is 0. The van der Waals surface area contributed by atoms with Crippen molar-refractivity contribution in [3.8, 4) is 5.75 Å². The summed E-state index contributed by atoms with van der Waals surface area (Å²) in [7, 11) is 0. The third-order valence-electron chi connectivity index (χ3n) is 3.96. The van der Waals surface area contributed by atoms with Gasteiger partial charge in [-0.05, 0) is 41.5 Å². The van der Waals surface area contributed by atoms with E-state index in [1.54, 1.807) is 18.2 Å². The molecule has 1 aliphatic rings. The van der Waals surface area contributed by atoms with Gasteiger partial charge in [0.25, 0.3) is 0 Å². The second-order valence-corrected chi connectivity index (χ2v) is 5.40. The highest BCUT2D eigenvalue weighted by Gasteiger charge is 2.46. The maximum Gasteiger partial charge on any atom is 0.118 e. The molecule has 0 heterocycles. The number of fused-ring (bicyclic) bond motifs is 1. The van der Waals surface area contributed by atoms with Crippen LogP contribution in [0.5, 0.6) is 5.75 Å². The van der Waals surface area contributed by atoms with Crippen LogP contribution >= 0.6 is 0 Å². The molecule has 17 heavy (non-hydrogen) atoms. The molecule has 0 bridgehead atoms. The van der Waals surface area contributed by atoms with E-state index < -0.39 is 11.7 Å². The standard InChI is InChI=1S/C14H20O3/c1-8(2)14(17)12-5-4-10(15)7-11(12)9(3)6-13(14)16/h4-5,7-9,13,15-17H,6H2,1-3H3. The molecule has 0 spiro atoms. The number of rotatable bonds is 1. The van der Waals surface area contributed by atoms with Gasteiger partial charge in [0.05, 0.1) is 6.10 Å². The van der Waals surface area contributed by atoms with Gasteiger partial charge in [-0.15, -0.1) is 0 Å². The molecule has 0 saturated carbocycles. The molecule has 0 aliphatic heterocycles. The van der Waals surface area contributed by atoms with Gasteiger partial charge in [0.2, 0.25) is 0 Å². The number of phenols is 1. The Bertz CT molecular complexity index is 427. The Morgan fingerprint density at radius 1 is 1.35 bits per heavy atom. The Hall–Kier alpha value is -1.06. The largest absolute Gasteiger partial charge is 0.508 e. The second kappa shape index (κ2) is 4.00. The molecule has 1 aromatic rings. The van der Waals surface area contributed by atoms with Gasteiger partial charge in [0.1, 0.15) is 11.4 Å². The van der Waals surface area contributed by atoms with Crippen molar-refractivity contribution < 1.29 is 15.3 Å². The fourth-order valence-corrected chi connectivity index (χ4v) is 2.84. The van der Waals surface area contributed by atoms with Crippen molar-refractivity contribution in [3.63, 3.8) is 0 Å². The average Bonchev–Trinajstić information content (AvgIpc) is 2.25. The Morgan fingerprint density at radius 3 is 2.59 bits per heavy atom. The molecule has 3 heteroatoms. The monoisotopic (exact) mass is 236 g/mol. The Kier molecular flexibility index (Phi) is 2.92. The third kappa shape index (κ3) is 1.74. The molecule has 0 aromatic heterocycles. The van der Waals surface area contributed by atoms with Gasteiger partial charge in [-0.2, -0.15) is 0 Å². The first-order valence-corrected chi connectivity index (χ1v) is 6.11. The maximum absolute atomic E-state index is 10.7. The van der Waals surface area contributed by atoms with Crippen molar-refractivity contribution in [3.05, 3.63) is 29.3 Å². The zero-order valence-corrected chi connectivity index (χ0v) is 10.5. The molecule has 94 valence electrons. The topological polar surface area (TPSA) is 60.7 Å². The average molecular weight is 236 g/mol. The molecule has 1 aliphatic carbocycles. The van der Waals surface area contributed by atoms with E-state index >= 15 is 0 Å². The predicted octanol–water partition coefficient (Wildman–Crippen LogP) is 2.10. The van der Waals surface area contributed by atoms with Crippen LogP contribution in [0.3, 0.4) is 0 Å². The molecule has 3 N–H and O–H groups in total. The van der Waals surface area contributed by atoms with Gasteiger partial charge in [-0.25, -0.2) is 0 Å². The van der Waals surface area contributed by atoms with Crippen molar-refractivity contribution in [2.45, 2.75) is 44.8 Å². The summed E-state index contributed by atoms with van der Waals surface area (Å²) in [5, 5.41) is 30.5. The van der Waals surface area contributed by atoms with Crippen LogP contribution in [0.4, 0.5) is 0 Å². The fraction of sp³-hybridized carbons (Fsp3) is 0.571. The van der Waals surface area contributed by atoms with E-state index in [0.29, 0.717) is 6.42 Å². The minimum Gasteiger partial charge on any atom is -0.508 e. The summed E-state index contributed by atoms with van der Waals surface area (Å²) in [4.78, 5) is 0. The van der Waals surface area contributed by atoms with E-state index in [1.807, 2.05) is 20.8 Å². The number of benzene rings is 1. The quantitative estimate of drug-likeness (QED) is 0.700. The van der Waals surface area contributed by atoms with Gasteiger partial charge in [0.15, 0.2) is 0 Å². The summed E-state index contributed by atoms with van der Waals surface area (Å²) in [6, 6.07) is 4.99. The molecular weight excluding hydrogens is 216 g/mol. The summed E-state index contributed by atoms with van der Waals surface area (Å²) in [6.07, 6.45) is -0.236. The summed E-state index contributed by atoms with van der Waals surface area (Å²) in [6.45, 7) is 5.80. The van der Waals surface area contributed by atoms with Gasteiger partial charge in [-0.1, -0.05) is 26.8 Å². The molecular formula is C14H20O3. The minimum atomic E-state index is -1.21. The smallest absolute Gasteiger partial charge is 0.118 e. The van der Waals surface area contributed by atoms with Crippen molar-refractivity contribution in [2.75, 3.05) is 0 Å². The molecule has 2 rings (SSSR count). The molecule has 0 amide bonds. The van der Waals surface area contributed by atoms with Gasteiger partial charge < -0.3 is 15.3 Å². The van der Waals surface area contributed by atoms with Crippen LogP contribution in [0.15, 0.2) is 18.2 Å². The lowest BCUT2D eigenvalue weighted by Crippen LogP contribution is -2.48. The SMILES string of the molecule is CC1CC(O)C(O)(C(C)C)c2ccc(O)cc21. The number of hydrogen-bond acceptors (Lipinski definition) is 3. The first kappa shape index (κ1) is 12.4. The number of aliphatic hydroxyl groups is 2. The molecule has 3 nitrogen and oxygen atoms in total. The lowest BCUT2D eigenvalue weighted by molar-refractivity contribution is -0.124. The molecule has 0 fully saturated rings. The van der Waals surface area contributed by atoms with Gasteiger partial charge in [-0.3, -0.25) is 0 Å². The highest BCUT2D eigenvalue weighted by Crippen LogP contribution is 2.46. The number of aliphatic hydroxyl groups excluding tert-OH is 1. The summed E-state index contributed by atoms with van der Waals surface area (Å²) in [5.41, 5.74) is 0.471. The van der Waals surface area contributed by atoms with Crippen molar-refractivity contribution >= 4 is 0 Å². The molecule has 3 unspecified atom stereocenters. The van der Waals surface area contributed by atoms with Crippen LogP contribution in [-0.2, 0) is 5.60 Å². The molecule has 0 radical (unpaired) electrons. The van der Waals surface area contributed by atoms with E-state index in [0.717, 1.165) is 11.1 Å². The Morgan fingerprint density at radius 2 is 2.00 bits per heavy atom. The summed E-state index contributed by atoms with van der Waals surface area (Å²) in [5.74, 6) is 0.275. The lowest BCUT2D eigenvalue weighted by Gasteiger charge is -2.44. The highest BCUT2D eigenvalue weighted by atomic mass is 16.3. The zero-order chi connectivity index (χ0) is 12.8. The first-order valence-electron chi connectivity index (χ1n) is 6.11. The van der Waals surface area contributed by atoms with Crippen molar-refractivity contribution in [1.29, 1.82) is 0 Å². The van der Waals surface area contributed by atoms with Crippen LogP contribution in [0, 0.1) is 5.92 Å². The van der Waals surface area contributed by atoms with E-state index in [-0.39, 0.29) is 17.6 Å². The van der Waals surface area contributed by atoms with Crippen molar-refractivity contribution in [1.82, 2.24) is 0 Å². The van der Waals surface area contributed by atoms with E-state index in [1.165, 1.54) is 0 Å². The molecule has 3 atom stereocenters. The molecule has 0 saturated heterocycles. The van der Waals surface area contributed by atoms with Gasteiger partial charge in [0, 0.05) is 0 Å². The van der Waals surface area contributed by atoms with Crippen molar-refractivity contribution in [2.24, 2.45) is 5.92 Å². The molecule has 1 aromatic carbocycles. The number of aromatic hydroxyl groups is 1. The third-order valence-corrected chi connectivity index (χ3v) is 3.96. The van der Waals surface area contributed by atoms with Crippen LogP contribution in [0.25, 0.3) is 0 Å². The predicted molar refractivity (Wildman–Crippen MR) is 65.9 cm³/mol. The number of phenolic OH excluding ortho intramolecular Hbond substituents is 1. The zero-order valence-electron chi connectivity index (χ0n) is 10.5. The van der Waals surface area contributed by atoms with E-state index in [4.69, 9.17) is 0 Å². The van der Waals surface area contributed by atoms with Crippen LogP contribution in [-0.4, -0.2) is 21.4 Å². The first-order chi connectivity index (χ1) is 7.87. The summed E-state index contributed by atoms with van der Waals surface area (Å²) >= 11 is 0.